The van der Waals surface area contributed by atoms with E-state index in [1.807, 2.05) is 0 Å². The van der Waals surface area contributed by atoms with Gasteiger partial charge in [0.15, 0.2) is 0 Å². The largest absolute Gasteiger partial charge is 0.479 e. The van der Waals surface area contributed by atoms with E-state index in [0.717, 1.165) is 0 Å². The van der Waals surface area contributed by atoms with Gasteiger partial charge in [0.05, 0.1) is 0 Å². The van der Waals surface area contributed by atoms with Crippen molar-refractivity contribution in [2.45, 2.75) is 51.2 Å². The van der Waals surface area contributed by atoms with E-state index in [0.29, 0.717) is 0 Å². The average Bonchev–Trinajstić information content (AvgIpc) is 2.30. The molecule has 1 unspecified atom stereocenters. The summed E-state index contributed by atoms with van der Waals surface area (Å²) in [6, 6.07) is 0. The quantitative estimate of drug-likeness (QED) is 0.323. The Bertz CT molecular complexity index is 471. The summed E-state index contributed by atoms with van der Waals surface area (Å²) in [7, 11) is 0. The highest BCUT2D eigenvalue weighted by Crippen LogP contribution is 2.27. The molecule has 0 aromatic heterocycles. The summed E-state index contributed by atoms with van der Waals surface area (Å²) in [5.41, 5.74) is 12.3. The Hall–Kier alpha value is -2.16. The van der Waals surface area contributed by atoms with Gasteiger partial charge in [-0.15, -0.1) is 0 Å². The number of carboxylic acid groups (broad SMARTS) is 1. The van der Waals surface area contributed by atoms with Crippen LogP contribution in [0, 0.1) is 5.92 Å². The molecule has 0 aliphatic rings. The first-order chi connectivity index (χ1) is 9.80. The summed E-state index contributed by atoms with van der Waals surface area (Å²) in [6.07, 6.45) is -0.914. The number of carbonyl (C=O) groups is 4. The lowest BCUT2D eigenvalue weighted by molar-refractivity contribution is -0.172. The monoisotopic (exact) mass is 317 g/mol. The summed E-state index contributed by atoms with van der Waals surface area (Å²) in [4.78, 5) is 45.7. The molecule has 0 heterocycles. The third-order valence-corrected chi connectivity index (χ3v) is 2.92. The Kier molecular flexibility index (Phi) is 6.50. The van der Waals surface area contributed by atoms with E-state index in [1.54, 1.807) is 20.8 Å². The highest BCUT2D eigenvalue weighted by molar-refractivity contribution is 6.04. The number of primary amides is 2. The molecule has 0 aromatic carbocycles. The van der Waals surface area contributed by atoms with Gasteiger partial charge in [0.1, 0.15) is 5.60 Å². The zero-order chi connectivity index (χ0) is 17.7. The third kappa shape index (κ3) is 5.68. The molecular formula is C13H23N3O6. The van der Waals surface area contributed by atoms with Gasteiger partial charge in [0.25, 0.3) is 0 Å². The maximum Gasteiger partial charge on any atom is 0.338 e. The number of amides is 2. The van der Waals surface area contributed by atoms with Crippen LogP contribution in [0.5, 0.6) is 0 Å². The fraction of sp³-hybridized carbons (Fsp3) is 0.692. The average molecular weight is 317 g/mol. The minimum atomic E-state index is -2.50. The van der Waals surface area contributed by atoms with Gasteiger partial charge in [-0.25, -0.2) is 9.59 Å². The van der Waals surface area contributed by atoms with Crippen LogP contribution in [0.2, 0.25) is 0 Å². The Morgan fingerprint density at radius 1 is 1.09 bits per heavy atom. The number of hydrogen-bond donors (Lipinski definition) is 4. The Balaban J connectivity index is 5.58. The van der Waals surface area contributed by atoms with E-state index < -0.39 is 47.2 Å². The first kappa shape index (κ1) is 19.8. The highest BCUT2D eigenvalue weighted by atomic mass is 16.6. The molecule has 0 fully saturated rings. The van der Waals surface area contributed by atoms with Crippen molar-refractivity contribution in [2.24, 2.45) is 23.1 Å². The first-order valence-electron chi connectivity index (χ1n) is 6.63. The molecule has 0 saturated carbocycles. The summed E-state index contributed by atoms with van der Waals surface area (Å²) < 4.78 is 5.02. The Labute approximate surface area is 128 Å². The third-order valence-electron chi connectivity index (χ3n) is 2.92. The molecule has 9 nitrogen and oxygen atoms in total. The van der Waals surface area contributed by atoms with Gasteiger partial charge < -0.3 is 27.0 Å². The summed E-state index contributed by atoms with van der Waals surface area (Å²) in [5.74, 6) is -5.66. The zero-order valence-electron chi connectivity index (χ0n) is 12.9. The van der Waals surface area contributed by atoms with Gasteiger partial charge in [0, 0.05) is 18.8 Å². The summed E-state index contributed by atoms with van der Waals surface area (Å²) in [6.45, 7) is 4.62. The maximum atomic E-state index is 12.2. The van der Waals surface area contributed by atoms with Crippen molar-refractivity contribution in [1.82, 2.24) is 0 Å². The lowest BCUT2D eigenvalue weighted by atomic mass is 9.79. The van der Waals surface area contributed by atoms with E-state index in [9.17, 15) is 24.3 Å². The number of nitrogens with two attached hydrogens (primary N) is 3. The van der Waals surface area contributed by atoms with E-state index in [4.69, 9.17) is 21.9 Å². The minimum Gasteiger partial charge on any atom is -0.479 e. The molecule has 7 N–H and O–H groups in total. The van der Waals surface area contributed by atoms with Crippen LogP contribution >= 0.6 is 0 Å². The van der Waals surface area contributed by atoms with E-state index in [-0.39, 0.29) is 12.8 Å². The smallest absolute Gasteiger partial charge is 0.338 e. The van der Waals surface area contributed by atoms with Crippen LogP contribution in [0.3, 0.4) is 0 Å². The Morgan fingerprint density at radius 3 is 1.91 bits per heavy atom. The molecule has 0 aromatic rings. The molecule has 126 valence electrons. The molecule has 2 amide bonds. The van der Waals surface area contributed by atoms with Gasteiger partial charge in [-0.2, -0.15) is 0 Å². The number of hydrogen-bond acceptors (Lipinski definition) is 6. The fourth-order valence-electron chi connectivity index (χ4n) is 1.84. The number of ether oxygens (including phenoxy) is 1. The predicted molar refractivity (Wildman–Crippen MR) is 76.1 cm³/mol. The first-order valence-corrected chi connectivity index (χ1v) is 6.63. The van der Waals surface area contributed by atoms with Crippen molar-refractivity contribution in [3.05, 3.63) is 0 Å². The topological polar surface area (TPSA) is 176 Å². The highest BCUT2D eigenvalue weighted by Gasteiger charge is 2.52. The number of aliphatic carboxylic acids is 1. The minimum absolute atomic E-state index is 0.180. The van der Waals surface area contributed by atoms with Crippen LogP contribution in [0.15, 0.2) is 0 Å². The van der Waals surface area contributed by atoms with Crippen LogP contribution in [-0.4, -0.2) is 40.0 Å². The molecule has 0 aliphatic carbocycles. The number of rotatable bonds is 8. The van der Waals surface area contributed by atoms with Crippen molar-refractivity contribution >= 4 is 23.8 Å². The molecular weight excluding hydrogens is 294 g/mol. The zero-order valence-corrected chi connectivity index (χ0v) is 12.9. The van der Waals surface area contributed by atoms with Gasteiger partial charge in [-0.05, 0) is 27.2 Å². The number of carbonyl (C=O) groups excluding carboxylic acids is 3. The predicted octanol–water partition coefficient (Wildman–Crippen LogP) is -1.13. The van der Waals surface area contributed by atoms with Gasteiger partial charge in [-0.3, -0.25) is 9.59 Å². The molecule has 22 heavy (non-hydrogen) atoms. The molecule has 9 heteroatoms. The lowest BCUT2D eigenvalue weighted by Gasteiger charge is -2.33. The second-order valence-electron chi connectivity index (χ2n) is 6.05. The van der Waals surface area contributed by atoms with Crippen LogP contribution in [0.25, 0.3) is 0 Å². The fourth-order valence-corrected chi connectivity index (χ4v) is 1.84. The van der Waals surface area contributed by atoms with Crippen LogP contribution in [-0.2, 0) is 23.9 Å². The van der Waals surface area contributed by atoms with Gasteiger partial charge in [0.2, 0.25) is 17.4 Å². The van der Waals surface area contributed by atoms with Crippen LogP contribution < -0.4 is 17.2 Å². The molecule has 0 bridgehead atoms. The molecule has 0 saturated heterocycles. The Morgan fingerprint density at radius 2 is 1.59 bits per heavy atom. The molecule has 0 radical (unpaired) electrons. The molecule has 0 rings (SSSR count). The normalized spacial score (nSPS) is 15.5. The van der Waals surface area contributed by atoms with Crippen LogP contribution in [0.4, 0.5) is 0 Å². The SMILES string of the molecule is CC(C)(C)OC(=O)[C@@](N)(C(=O)O)C(CCC(N)=O)CC(N)=O. The molecule has 0 spiro atoms. The second kappa shape index (κ2) is 7.21. The van der Waals surface area contributed by atoms with Crippen molar-refractivity contribution in [3.8, 4) is 0 Å². The van der Waals surface area contributed by atoms with Crippen molar-refractivity contribution in [3.63, 3.8) is 0 Å². The standard InChI is InChI=1S/C13H23N3O6/c1-12(2,3)22-11(21)13(16,10(19)20)7(6-9(15)18)4-5-8(14)17/h7H,4-6,16H2,1-3H3,(H2,14,17)(H2,15,18)(H,19,20)/t7?,13-/m0/s1. The van der Waals surface area contributed by atoms with E-state index >= 15 is 0 Å². The maximum absolute atomic E-state index is 12.2. The van der Waals surface area contributed by atoms with Gasteiger partial charge in [-0.1, -0.05) is 0 Å². The van der Waals surface area contributed by atoms with Crippen molar-refractivity contribution in [1.29, 1.82) is 0 Å². The van der Waals surface area contributed by atoms with E-state index in [2.05, 4.69) is 0 Å². The number of esters is 1. The second-order valence-corrected chi connectivity index (χ2v) is 6.05. The van der Waals surface area contributed by atoms with Crippen molar-refractivity contribution in [2.75, 3.05) is 0 Å². The van der Waals surface area contributed by atoms with Crippen molar-refractivity contribution < 1.29 is 29.0 Å². The van der Waals surface area contributed by atoms with Crippen LogP contribution in [0.1, 0.15) is 40.0 Å². The van der Waals surface area contributed by atoms with E-state index in [1.165, 1.54) is 0 Å². The molecule has 2 atom stereocenters. The molecule has 0 aliphatic heterocycles. The number of carboxylic acids is 1. The van der Waals surface area contributed by atoms with Gasteiger partial charge >= 0.3 is 11.9 Å². The lowest BCUT2D eigenvalue weighted by Crippen LogP contribution is -2.62. The summed E-state index contributed by atoms with van der Waals surface area (Å²) in [5, 5.41) is 9.35. The summed E-state index contributed by atoms with van der Waals surface area (Å²) >= 11 is 0.